The van der Waals surface area contributed by atoms with E-state index in [9.17, 15) is 14.9 Å². The minimum Gasteiger partial charge on any atom is -0.497 e. The van der Waals surface area contributed by atoms with Crippen molar-refractivity contribution in [2.75, 3.05) is 13.7 Å². The molecule has 11 heteroatoms. The third kappa shape index (κ3) is 4.31. The Kier molecular flexibility index (Phi) is 6.21. The Morgan fingerprint density at radius 1 is 1.06 bits per heavy atom. The number of nitro benzene ring substituents is 1. The van der Waals surface area contributed by atoms with Crippen LogP contribution in [0.3, 0.4) is 0 Å². The van der Waals surface area contributed by atoms with E-state index in [2.05, 4.69) is 8.75 Å². The Morgan fingerprint density at radius 3 is 2.56 bits per heavy atom. The molecule has 0 aliphatic heterocycles. The second kappa shape index (κ2) is 9.62. The average molecular weight is 505 g/mol. The first-order chi connectivity index (χ1) is 17.5. The molecule has 0 bridgehead atoms. The van der Waals surface area contributed by atoms with Gasteiger partial charge in [0.1, 0.15) is 16.8 Å². The van der Waals surface area contributed by atoms with Crippen LogP contribution in [0.5, 0.6) is 11.6 Å². The SMILES string of the molecule is CCOC(=O)Oc1c(-c2ccc(OC)cc2)c2cc([N+](=O)[O-])ccc2n1Cc1ccc2nsnc2c1. The lowest BCUT2D eigenvalue weighted by Crippen LogP contribution is -2.14. The Hall–Kier alpha value is -4.51. The smallest absolute Gasteiger partial charge is 0.497 e. The van der Waals surface area contributed by atoms with Crippen molar-refractivity contribution in [3.05, 3.63) is 76.3 Å². The molecule has 0 radical (unpaired) electrons. The zero-order valence-electron chi connectivity index (χ0n) is 19.3. The Labute approximate surface area is 209 Å². The number of non-ortho nitro benzene ring substituents is 1. The van der Waals surface area contributed by atoms with Gasteiger partial charge in [-0.15, -0.1) is 0 Å². The highest BCUT2D eigenvalue weighted by Gasteiger charge is 2.25. The van der Waals surface area contributed by atoms with Crippen molar-refractivity contribution in [1.82, 2.24) is 13.3 Å². The summed E-state index contributed by atoms with van der Waals surface area (Å²) in [6.45, 7) is 2.13. The number of rotatable bonds is 7. The van der Waals surface area contributed by atoms with Crippen molar-refractivity contribution in [2.24, 2.45) is 0 Å². The Morgan fingerprint density at radius 2 is 1.83 bits per heavy atom. The molecule has 0 atom stereocenters. The Bertz CT molecular complexity index is 1590. The molecule has 0 aliphatic carbocycles. The number of hydrogen-bond donors (Lipinski definition) is 0. The fourth-order valence-electron chi connectivity index (χ4n) is 4.07. The second-order valence-electron chi connectivity index (χ2n) is 7.83. The molecule has 2 aromatic heterocycles. The van der Waals surface area contributed by atoms with Crippen LogP contribution < -0.4 is 9.47 Å². The maximum absolute atomic E-state index is 12.5. The van der Waals surface area contributed by atoms with Gasteiger partial charge in [0.2, 0.25) is 5.88 Å². The van der Waals surface area contributed by atoms with Crippen molar-refractivity contribution in [3.63, 3.8) is 0 Å². The molecule has 0 spiro atoms. The molecule has 0 fully saturated rings. The molecule has 0 saturated carbocycles. The van der Waals surface area contributed by atoms with Gasteiger partial charge in [-0.1, -0.05) is 18.2 Å². The van der Waals surface area contributed by atoms with E-state index in [1.54, 1.807) is 36.8 Å². The van der Waals surface area contributed by atoms with Gasteiger partial charge in [-0.3, -0.25) is 10.1 Å². The maximum atomic E-state index is 12.5. The first-order valence-electron chi connectivity index (χ1n) is 11.0. The molecule has 0 amide bonds. The van der Waals surface area contributed by atoms with Crippen molar-refractivity contribution in [1.29, 1.82) is 0 Å². The fourth-order valence-corrected chi connectivity index (χ4v) is 4.58. The molecule has 0 saturated heterocycles. The van der Waals surface area contributed by atoms with Crippen molar-refractivity contribution in [2.45, 2.75) is 13.5 Å². The summed E-state index contributed by atoms with van der Waals surface area (Å²) in [4.78, 5) is 23.6. The number of methoxy groups -OCH3 is 1. The van der Waals surface area contributed by atoms with Crippen LogP contribution in [0.2, 0.25) is 0 Å². The van der Waals surface area contributed by atoms with Gasteiger partial charge in [0, 0.05) is 17.5 Å². The molecule has 10 nitrogen and oxygen atoms in total. The number of benzene rings is 3. The van der Waals surface area contributed by atoms with Crippen LogP contribution in [-0.4, -0.2) is 38.1 Å². The normalized spacial score (nSPS) is 11.1. The summed E-state index contributed by atoms with van der Waals surface area (Å²) >= 11 is 1.13. The number of nitrogens with zero attached hydrogens (tertiary/aromatic N) is 4. The van der Waals surface area contributed by atoms with Gasteiger partial charge in [-0.05, 0) is 48.4 Å². The molecular formula is C25H20N4O6S. The minimum absolute atomic E-state index is 0.0768. The summed E-state index contributed by atoms with van der Waals surface area (Å²) < 4.78 is 26.4. The summed E-state index contributed by atoms with van der Waals surface area (Å²) in [6.07, 6.45) is -0.870. The van der Waals surface area contributed by atoms with Gasteiger partial charge in [-0.2, -0.15) is 8.75 Å². The fraction of sp³-hybridized carbons (Fsp3) is 0.160. The van der Waals surface area contributed by atoms with Crippen LogP contribution >= 0.6 is 11.7 Å². The first kappa shape index (κ1) is 23.2. The van der Waals surface area contributed by atoms with Gasteiger partial charge >= 0.3 is 6.16 Å². The number of ether oxygens (including phenoxy) is 3. The van der Waals surface area contributed by atoms with Crippen molar-refractivity contribution in [3.8, 4) is 22.8 Å². The highest BCUT2D eigenvalue weighted by atomic mass is 32.1. The van der Waals surface area contributed by atoms with Crippen LogP contribution in [-0.2, 0) is 11.3 Å². The van der Waals surface area contributed by atoms with Crippen LogP contribution in [0.1, 0.15) is 12.5 Å². The van der Waals surface area contributed by atoms with E-state index in [0.29, 0.717) is 34.3 Å². The molecular weight excluding hydrogens is 484 g/mol. The zero-order valence-corrected chi connectivity index (χ0v) is 20.2. The highest BCUT2D eigenvalue weighted by Crippen LogP contribution is 2.42. The van der Waals surface area contributed by atoms with Crippen LogP contribution in [0.4, 0.5) is 10.5 Å². The molecule has 5 rings (SSSR count). The van der Waals surface area contributed by atoms with E-state index in [1.165, 1.54) is 12.1 Å². The molecule has 5 aromatic rings. The summed E-state index contributed by atoms with van der Waals surface area (Å²) in [5.41, 5.74) is 4.24. The van der Waals surface area contributed by atoms with Crippen LogP contribution in [0.15, 0.2) is 60.7 Å². The first-order valence-corrected chi connectivity index (χ1v) is 11.7. The van der Waals surface area contributed by atoms with E-state index < -0.39 is 11.1 Å². The van der Waals surface area contributed by atoms with Gasteiger partial charge in [0.15, 0.2) is 0 Å². The van der Waals surface area contributed by atoms with Crippen molar-refractivity contribution < 1.29 is 23.9 Å². The molecule has 3 aromatic carbocycles. The molecule has 0 unspecified atom stereocenters. The maximum Gasteiger partial charge on any atom is 0.515 e. The number of carbonyl (C=O) groups is 1. The zero-order chi connectivity index (χ0) is 25.2. The van der Waals surface area contributed by atoms with Gasteiger partial charge in [-0.25, -0.2) is 4.79 Å². The predicted molar refractivity (Wildman–Crippen MR) is 135 cm³/mol. The summed E-state index contributed by atoms with van der Waals surface area (Å²) in [5.74, 6) is 0.858. The monoisotopic (exact) mass is 504 g/mol. The average Bonchev–Trinajstić information content (AvgIpc) is 3.46. The summed E-state index contributed by atoms with van der Waals surface area (Å²) in [6, 6.07) is 17.4. The second-order valence-corrected chi connectivity index (χ2v) is 8.35. The van der Waals surface area contributed by atoms with E-state index in [-0.39, 0.29) is 18.2 Å². The number of nitro groups is 1. The predicted octanol–water partition coefficient (Wildman–Crippen LogP) is 5.81. The lowest BCUT2D eigenvalue weighted by molar-refractivity contribution is -0.384. The highest BCUT2D eigenvalue weighted by molar-refractivity contribution is 7.00. The van der Waals surface area contributed by atoms with E-state index in [0.717, 1.165) is 28.3 Å². The van der Waals surface area contributed by atoms with Crippen LogP contribution in [0.25, 0.3) is 33.1 Å². The third-order valence-electron chi connectivity index (χ3n) is 5.69. The summed E-state index contributed by atoms with van der Waals surface area (Å²) in [5, 5.41) is 12.1. The largest absolute Gasteiger partial charge is 0.515 e. The number of hydrogen-bond acceptors (Lipinski definition) is 9. The van der Waals surface area contributed by atoms with Crippen LogP contribution in [0, 0.1) is 10.1 Å². The minimum atomic E-state index is -0.870. The van der Waals surface area contributed by atoms with E-state index in [1.807, 2.05) is 30.3 Å². The molecule has 0 N–H and O–H groups in total. The van der Waals surface area contributed by atoms with E-state index in [4.69, 9.17) is 14.2 Å². The number of aromatic nitrogens is 3. The third-order valence-corrected chi connectivity index (χ3v) is 6.25. The Balaban J connectivity index is 1.75. The van der Waals surface area contributed by atoms with Crippen molar-refractivity contribution >= 4 is 45.5 Å². The quantitative estimate of drug-likeness (QED) is 0.155. The summed E-state index contributed by atoms with van der Waals surface area (Å²) in [7, 11) is 1.56. The standard InChI is InChI=1S/C25H20N4O6S/c1-3-34-25(30)35-24-23(16-5-8-18(33-2)9-6-16)19-13-17(29(31)32)7-11-22(19)28(24)14-15-4-10-20-21(12-15)27-36-26-20/h4-13H,3,14H2,1-2H3. The molecule has 36 heavy (non-hydrogen) atoms. The topological polar surface area (TPSA) is 119 Å². The number of carbonyl (C=O) groups excluding carboxylic acids is 1. The van der Waals surface area contributed by atoms with Gasteiger partial charge in [0.25, 0.3) is 5.69 Å². The lowest BCUT2D eigenvalue weighted by atomic mass is 10.0. The molecule has 2 heterocycles. The molecule has 0 aliphatic rings. The lowest BCUT2D eigenvalue weighted by Gasteiger charge is -2.13. The van der Waals surface area contributed by atoms with Gasteiger partial charge in [0.05, 0.1) is 48.0 Å². The molecule has 182 valence electrons. The van der Waals surface area contributed by atoms with Gasteiger partial charge < -0.3 is 18.8 Å². The van der Waals surface area contributed by atoms with E-state index >= 15 is 0 Å². The number of fused-ring (bicyclic) bond motifs is 2.